The molecule has 1 fully saturated rings. The van der Waals surface area contributed by atoms with Crippen molar-refractivity contribution in [2.75, 3.05) is 6.54 Å². The van der Waals surface area contributed by atoms with Gasteiger partial charge in [0.05, 0.1) is 18.2 Å². The molecular weight excluding hydrogens is 760 g/mol. The number of phosphoric ester groups is 2. The number of aliphatic hydroxyl groups is 1. The van der Waals surface area contributed by atoms with Crippen molar-refractivity contribution in [2.45, 2.75) is 81.9 Å². The highest BCUT2D eigenvalue weighted by Gasteiger charge is 2.43. The molecule has 298 valence electrons. The van der Waals surface area contributed by atoms with Crippen LogP contribution in [0.15, 0.2) is 48.5 Å². The number of benzene rings is 2. The lowest BCUT2D eigenvalue weighted by atomic mass is 10.0. The molecule has 0 aromatic heterocycles. The number of nitrogens with zero attached hydrogens (tertiary/aromatic N) is 1. The summed E-state index contributed by atoms with van der Waals surface area (Å²) in [6.07, 6.45) is -3.35. The summed E-state index contributed by atoms with van der Waals surface area (Å²) in [6, 6.07) is 3.01. The number of rotatable bonds is 18. The molecule has 0 bridgehead atoms. The van der Waals surface area contributed by atoms with Crippen molar-refractivity contribution < 1.29 is 77.0 Å². The fourth-order valence-corrected chi connectivity index (χ4v) is 6.50. The average Bonchev–Trinajstić information content (AvgIpc) is 3.56. The Morgan fingerprint density at radius 2 is 1.43 bits per heavy atom. The Kier molecular flexibility index (Phi) is 15.3. The Hall–Kier alpha value is -4.43. The van der Waals surface area contributed by atoms with Crippen LogP contribution < -0.4 is 26.2 Å². The van der Waals surface area contributed by atoms with E-state index in [4.69, 9.17) is 20.0 Å². The van der Waals surface area contributed by atoms with Crippen molar-refractivity contribution in [3.8, 4) is 11.5 Å². The normalized spacial score (nSPS) is 18.0. The van der Waals surface area contributed by atoms with E-state index in [-0.39, 0.29) is 43.7 Å². The van der Waals surface area contributed by atoms with Gasteiger partial charge in [-0.2, -0.15) is 0 Å². The first kappa shape index (κ1) is 44.0. The smallest absolute Gasteiger partial charge is 0.508 e. The summed E-state index contributed by atoms with van der Waals surface area (Å²) in [7, 11) is -10.1. The van der Waals surface area contributed by atoms with Crippen LogP contribution in [0.5, 0.6) is 11.5 Å². The number of aliphatic carboxylic acids is 1. The first-order valence-corrected chi connectivity index (χ1v) is 19.3. The molecule has 0 saturated carbocycles. The third-order valence-electron chi connectivity index (χ3n) is 8.17. The summed E-state index contributed by atoms with van der Waals surface area (Å²) in [5.41, 5.74) is 6.89. The molecule has 4 amide bonds. The number of nitrogens with one attached hydrogen (secondary N) is 3. The summed E-state index contributed by atoms with van der Waals surface area (Å²) >= 11 is 0. The number of likely N-dealkylation sites (tertiary alicyclic amines) is 1. The van der Waals surface area contributed by atoms with Gasteiger partial charge in [0.1, 0.15) is 35.7 Å². The first-order valence-electron chi connectivity index (χ1n) is 16.3. The third kappa shape index (κ3) is 13.5. The lowest BCUT2D eigenvalue weighted by Crippen LogP contribution is -2.61. The highest BCUT2D eigenvalue weighted by Crippen LogP contribution is 2.39. The van der Waals surface area contributed by atoms with Gasteiger partial charge in [0, 0.05) is 13.0 Å². The van der Waals surface area contributed by atoms with E-state index in [1.165, 1.54) is 48.5 Å². The molecule has 1 heterocycles. The second-order valence-corrected chi connectivity index (χ2v) is 14.9. The zero-order valence-electron chi connectivity index (χ0n) is 28.9. The van der Waals surface area contributed by atoms with Gasteiger partial charge in [0.2, 0.25) is 23.6 Å². The number of carbonyl (C=O) groups is 5. The monoisotopic (exact) mass is 803 g/mol. The molecular formula is C31H43N5O16P2. The zero-order valence-corrected chi connectivity index (χ0v) is 30.7. The Bertz CT molecular complexity index is 1750. The zero-order chi connectivity index (χ0) is 40.5. The molecule has 7 atom stereocenters. The number of hydrogen-bond acceptors (Lipinski definition) is 12. The number of carbonyl (C=O) groups excluding carboxylic acids is 4. The van der Waals surface area contributed by atoms with Crippen molar-refractivity contribution in [1.82, 2.24) is 20.9 Å². The third-order valence-corrected chi connectivity index (χ3v) is 9.22. The number of carboxylic acid groups (broad SMARTS) is 1. The van der Waals surface area contributed by atoms with Crippen molar-refractivity contribution >= 4 is 45.2 Å². The lowest BCUT2D eigenvalue weighted by Gasteiger charge is -2.33. The number of aromatic hydroxyl groups is 1. The maximum atomic E-state index is 13.9. The Labute approximate surface area is 308 Å². The number of phenols is 1. The van der Waals surface area contributed by atoms with Gasteiger partial charge in [-0.05, 0) is 68.5 Å². The van der Waals surface area contributed by atoms with Crippen LogP contribution in [0.3, 0.4) is 0 Å². The quantitative estimate of drug-likeness (QED) is 0.0755. The van der Waals surface area contributed by atoms with Crippen LogP contribution in [-0.2, 0) is 50.5 Å². The molecule has 23 heteroatoms. The van der Waals surface area contributed by atoms with E-state index in [0.717, 1.165) is 18.7 Å². The van der Waals surface area contributed by atoms with Gasteiger partial charge in [-0.1, -0.05) is 24.3 Å². The second kappa shape index (κ2) is 18.7. The van der Waals surface area contributed by atoms with Crippen molar-refractivity contribution in [1.29, 1.82) is 0 Å². The molecule has 3 rings (SSSR count). The Morgan fingerprint density at radius 3 is 1.96 bits per heavy atom. The number of phosphoric acid groups is 2. The number of nitrogens with two attached hydrogens (primary N) is 1. The predicted octanol–water partition coefficient (Wildman–Crippen LogP) is -1.62. The molecule has 2 aromatic carbocycles. The molecule has 0 radical (unpaired) electrons. The largest absolute Gasteiger partial charge is 0.524 e. The SMILES string of the molecule is C[C@@H](O)[C@H](NC(=O)[C@@H]1CCCN1C(=O)[C@@H](NC(=O)[C@@H](N)Cc1ccc(O)cc1)[C@@H](C)OP(=O)(O)O)C(=O)N[C@@H](Cc1ccc(OP(=O)(O)O)cc1)C(=O)O. The van der Waals surface area contributed by atoms with Crippen LogP contribution >= 0.6 is 15.6 Å². The maximum absolute atomic E-state index is 13.9. The number of phenolic OH excluding ortho intramolecular Hbond substituents is 1. The van der Waals surface area contributed by atoms with Crippen molar-refractivity contribution in [3.05, 3.63) is 59.7 Å². The fraction of sp³-hybridized carbons (Fsp3) is 0.452. The molecule has 1 aliphatic heterocycles. The van der Waals surface area contributed by atoms with E-state index < -0.39 is 87.7 Å². The van der Waals surface area contributed by atoms with Gasteiger partial charge in [-0.3, -0.25) is 33.5 Å². The molecule has 54 heavy (non-hydrogen) atoms. The van der Waals surface area contributed by atoms with Crippen molar-refractivity contribution in [3.63, 3.8) is 0 Å². The molecule has 0 spiro atoms. The highest BCUT2D eigenvalue weighted by atomic mass is 31.2. The summed E-state index contributed by atoms with van der Waals surface area (Å²) in [6.45, 7) is 2.18. The molecule has 2 aromatic rings. The molecule has 1 saturated heterocycles. The standard InChI is InChI=1S/C31H43N5O16P2/c1-16(37)25(29(41)33-23(31(43)44)15-19-7-11-21(12-8-19)52-54(48,49)50)34-28(40)24-4-3-13-36(24)30(42)26(17(2)51-53(45,46)47)35-27(39)22(32)14-18-5-9-20(38)10-6-18/h5-12,16-17,22-26,37-38H,3-4,13-15,32H2,1-2H3,(H,33,41)(H,34,40)(H,35,39)(H,43,44)(H2,45,46,47)(H2,48,49,50)/t16-,17-,22+,23+,24+,25+,26+/m1/s1. The van der Waals surface area contributed by atoms with Crippen LogP contribution in [0.2, 0.25) is 0 Å². The minimum absolute atomic E-state index is 0.0277. The summed E-state index contributed by atoms with van der Waals surface area (Å²) in [5.74, 6) is -5.69. The van der Waals surface area contributed by atoms with Crippen LogP contribution in [-0.4, -0.2) is 118 Å². The minimum Gasteiger partial charge on any atom is -0.508 e. The summed E-state index contributed by atoms with van der Waals surface area (Å²) in [4.78, 5) is 104. The number of amides is 4. The van der Waals surface area contributed by atoms with E-state index in [9.17, 15) is 58.2 Å². The van der Waals surface area contributed by atoms with Gasteiger partial charge < -0.3 is 56.2 Å². The number of hydrogen-bond donors (Lipinski definition) is 11. The van der Waals surface area contributed by atoms with Gasteiger partial charge >= 0.3 is 21.6 Å². The molecule has 1 aliphatic rings. The molecule has 12 N–H and O–H groups in total. The highest BCUT2D eigenvalue weighted by molar-refractivity contribution is 7.46. The van der Waals surface area contributed by atoms with E-state index in [1.54, 1.807) is 0 Å². The minimum atomic E-state index is -5.20. The van der Waals surface area contributed by atoms with E-state index in [2.05, 4.69) is 20.5 Å². The first-order chi connectivity index (χ1) is 25.0. The van der Waals surface area contributed by atoms with Crippen LogP contribution in [0.1, 0.15) is 37.8 Å². The fourth-order valence-electron chi connectivity index (χ4n) is 5.55. The van der Waals surface area contributed by atoms with Crippen LogP contribution in [0, 0.1) is 0 Å². The molecule has 21 nitrogen and oxygen atoms in total. The number of aliphatic hydroxyl groups excluding tert-OH is 1. The summed E-state index contributed by atoms with van der Waals surface area (Å²) in [5, 5.41) is 36.6. The van der Waals surface area contributed by atoms with Gasteiger partial charge in [-0.15, -0.1) is 0 Å². The van der Waals surface area contributed by atoms with Crippen LogP contribution in [0.4, 0.5) is 0 Å². The van der Waals surface area contributed by atoms with E-state index >= 15 is 0 Å². The van der Waals surface area contributed by atoms with Gasteiger partial charge in [0.15, 0.2) is 0 Å². The van der Waals surface area contributed by atoms with Crippen LogP contribution in [0.25, 0.3) is 0 Å². The summed E-state index contributed by atoms with van der Waals surface area (Å²) < 4.78 is 31.9. The molecule has 0 aliphatic carbocycles. The van der Waals surface area contributed by atoms with Gasteiger partial charge in [-0.25, -0.2) is 13.9 Å². The maximum Gasteiger partial charge on any atom is 0.524 e. The lowest BCUT2D eigenvalue weighted by molar-refractivity contribution is -0.145. The Balaban J connectivity index is 1.75. The van der Waals surface area contributed by atoms with E-state index in [0.29, 0.717) is 11.1 Å². The Morgan fingerprint density at radius 1 is 0.852 bits per heavy atom. The molecule has 0 unspecified atom stereocenters. The topological polar surface area (TPSA) is 345 Å². The second-order valence-electron chi connectivity index (χ2n) is 12.5. The predicted molar refractivity (Wildman–Crippen MR) is 185 cm³/mol. The van der Waals surface area contributed by atoms with Gasteiger partial charge in [0.25, 0.3) is 0 Å². The van der Waals surface area contributed by atoms with Crippen molar-refractivity contribution in [2.24, 2.45) is 5.73 Å². The number of carboxylic acids is 1. The van der Waals surface area contributed by atoms with E-state index in [1.807, 2.05) is 0 Å². The average molecular weight is 804 g/mol.